The van der Waals surface area contributed by atoms with Gasteiger partial charge in [0.15, 0.2) is 0 Å². The molecular formula is C16H25N3O3. The van der Waals surface area contributed by atoms with Crippen molar-refractivity contribution >= 4 is 17.7 Å². The molecule has 6 heteroatoms. The average molecular weight is 307 g/mol. The predicted molar refractivity (Wildman–Crippen MR) is 86.5 cm³/mol. The van der Waals surface area contributed by atoms with Crippen LogP contribution in [0.5, 0.6) is 0 Å². The number of rotatable bonds is 9. The van der Waals surface area contributed by atoms with Crippen LogP contribution in [0.2, 0.25) is 0 Å². The molecule has 0 atom stereocenters. The maximum absolute atomic E-state index is 11.8. The molecule has 0 aromatic heterocycles. The summed E-state index contributed by atoms with van der Waals surface area (Å²) in [5.41, 5.74) is 7.34. The van der Waals surface area contributed by atoms with Crippen molar-refractivity contribution in [2.24, 2.45) is 5.73 Å². The van der Waals surface area contributed by atoms with E-state index in [4.69, 9.17) is 10.5 Å². The molecule has 1 aromatic carbocycles. The quantitative estimate of drug-likeness (QED) is 0.611. The molecule has 0 saturated carbocycles. The van der Waals surface area contributed by atoms with Crippen LogP contribution >= 0.6 is 0 Å². The molecule has 0 fully saturated rings. The van der Waals surface area contributed by atoms with Gasteiger partial charge in [-0.3, -0.25) is 4.79 Å². The Morgan fingerprint density at radius 2 is 1.86 bits per heavy atom. The van der Waals surface area contributed by atoms with Crippen molar-refractivity contribution in [3.63, 3.8) is 0 Å². The second-order valence-corrected chi connectivity index (χ2v) is 4.91. The third-order valence-corrected chi connectivity index (χ3v) is 3.10. The molecule has 22 heavy (non-hydrogen) atoms. The Kier molecular flexibility index (Phi) is 8.67. The predicted octanol–water partition coefficient (Wildman–Crippen LogP) is 2.39. The highest BCUT2D eigenvalue weighted by Crippen LogP contribution is 2.10. The van der Waals surface area contributed by atoms with Crippen LogP contribution in [0.3, 0.4) is 0 Å². The van der Waals surface area contributed by atoms with Crippen molar-refractivity contribution in [3.8, 4) is 0 Å². The van der Waals surface area contributed by atoms with E-state index in [1.165, 1.54) is 0 Å². The fourth-order valence-electron chi connectivity index (χ4n) is 1.91. The Balaban J connectivity index is 2.09. The summed E-state index contributed by atoms with van der Waals surface area (Å²) < 4.78 is 4.75. The SMILES string of the molecule is CCOC(=O)NCCCCCC(=O)Nc1ccc(CN)cc1. The second-order valence-electron chi connectivity index (χ2n) is 4.91. The maximum atomic E-state index is 11.8. The summed E-state index contributed by atoms with van der Waals surface area (Å²) in [6, 6.07) is 7.50. The summed E-state index contributed by atoms with van der Waals surface area (Å²) in [5.74, 6) is -0.00106. The lowest BCUT2D eigenvalue weighted by Crippen LogP contribution is -2.25. The number of carbonyl (C=O) groups excluding carboxylic acids is 2. The van der Waals surface area contributed by atoms with Gasteiger partial charge in [0.05, 0.1) is 6.61 Å². The molecule has 1 aromatic rings. The van der Waals surface area contributed by atoms with Gasteiger partial charge in [-0.15, -0.1) is 0 Å². The van der Waals surface area contributed by atoms with Crippen LogP contribution in [0, 0.1) is 0 Å². The third kappa shape index (κ3) is 7.64. The van der Waals surface area contributed by atoms with Gasteiger partial charge in [0.1, 0.15) is 0 Å². The first-order chi connectivity index (χ1) is 10.7. The molecule has 0 aliphatic carbocycles. The molecule has 0 saturated heterocycles. The fraction of sp³-hybridized carbons (Fsp3) is 0.500. The van der Waals surface area contributed by atoms with E-state index < -0.39 is 0 Å². The lowest BCUT2D eigenvalue weighted by Gasteiger charge is -2.07. The number of benzene rings is 1. The molecule has 1 rings (SSSR count). The number of alkyl carbamates (subject to hydrolysis) is 1. The number of carbonyl (C=O) groups is 2. The van der Waals surface area contributed by atoms with E-state index in [2.05, 4.69) is 10.6 Å². The lowest BCUT2D eigenvalue weighted by molar-refractivity contribution is -0.116. The summed E-state index contributed by atoms with van der Waals surface area (Å²) in [4.78, 5) is 22.8. The van der Waals surface area contributed by atoms with Crippen molar-refractivity contribution in [3.05, 3.63) is 29.8 Å². The van der Waals surface area contributed by atoms with Crippen LogP contribution in [-0.4, -0.2) is 25.2 Å². The summed E-state index contributed by atoms with van der Waals surface area (Å²) >= 11 is 0. The van der Waals surface area contributed by atoms with Crippen LogP contribution in [-0.2, 0) is 16.1 Å². The number of amides is 2. The maximum Gasteiger partial charge on any atom is 0.407 e. The summed E-state index contributed by atoms with van der Waals surface area (Å²) in [5, 5.41) is 5.50. The van der Waals surface area contributed by atoms with Crippen LogP contribution in [0.4, 0.5) is 10.5 Å². The zero-order valence-electron chi connectivity index (χ0n) is 13.1. The molecule has 0 aliphatic heterocycles. The molecule has 2 amide bonds. The number of hydrogen-bond acceptors (Lipinski definition) is 4. The van der Waals surface area contributed by atoms with E-state index in [9.17, 15) is 9.59 Å². The summed E-state index contributed by atoms with van der Waals surface area (Å²) in [6.07, 6.45) is 2.58. The number of ether oxygens (including phenoxy) is 1. The molecule has 0 spiro atoms. The van der Waals surface area contributed by atoms with E-state index in [-0.39, 0.29) is 12.0 Å². The minimum absolute atomic E-state index is 0.00106. The lowest BCUT2D eigenvalue weighted by atomic mass is 10.1. The van der Waals surface area contributed by atoms with Gasteiger partial charge >= 0.3 is 6.09 Å². The monoisotopic (exact) mass is 307 g/mol. The van der Waals surface area contributed by atoms with Gasteiger partial charge in [-0.2, -0.15) is 0 Å². The zero-order valence-corrected chi connectivity index (χ0v) is 13.1. The van der Waals surface area contributed by atoms with Gasteiger partial charge in [-0.25, -0.2) is 4.79 Å². The highest BCUT2D eigenvalue weighted by Gasteiger charge is 2.03. The number of hydrogen-bond donors (Lipinski definition) is 3. The van der Waals surface area contributed by atoms with E-state index in [0.29, 0.717) is 26.1 Å². The zero-order chi connectivity index (χ0) is 16.2. The summed E-state index contributed by atoms with van der Waals surface area (Å²) in [7, 11) is 0. The van der Waals surface area contributed by atoms with Crippen LogP contribution < -0.4 is 16.4 Å². The van der Waals surface area contributed by atoms with Crippen molar-refractivity contribution < 1.29 is 14.3 Å². The Hall–Kier alpha value is -2.08. The van der Waals surface area contributed by atoms with E-state index >= 15 is 0 Å². The molecule has 0 radical (unpaired) electrons. The smallest absolute Gasteiger partial charge is 0.407 e. The van der Waals surface area contributed by atoms with Gasteiger partial charge in [-0.1, -0.05) is 18.6 Å². The standard InChI is InChI=1S/C16H25N3O3/c1-2-22-16(21)18-11-5-3-4-6-15(20)19-14-9-7-13(12-17)8-10-14/h7-10H,2-6,11-12,17H2,1H3,(H,18,21)(H,19,20). The molecule has 6 nitrogen and oxygen atoms in total. The molecule has 122 valence electrons. The molecule has 0 aliphatic rings. The van der Waals surface area contributed by atoms with E-state index in [1.54, 1.807) is 6.92 Å². The minimum atomic E-state index is -0.388. The van der Waals surface area contributed by atoms with Crippen molar-refractivity contribution in [1.82, 2.24) is 5.32 Å². The largest absolute Gasteiger partial charge is 0.450 e. The van der Waals surface area contributed by atoms with Crippen LogP contribution in [0.1, 0.15) is 38.2 Å². The Bertz CT molecular complexity index is 460. The van der Waals surface area contributed by atoms with Crippen molar-refractivity contribution in [2.45, 2.75) is 39.2 Å². The third-order valence-electron chi connectivity index (χ3n) is 3.10. The molecule has 0 unspecified atom stereocenters. The molecule has 0 heterocycles. The Morgan fingerprint density at radius 1 is 1.14 bits per heavy atom. The van der Waals surface area contributed by atoms with E-state index in [1.807, 2.05) is 24.3 Å². The first kappa shape index (κ1) is 18.0. The second kappa shape index (κ2) is 10.6. The van der Waals surface area contributed by atoms with Gasteiger partial charge in [-0.05, 0) is 37.5 Å². The number of nitrogens with one attached hydrogen (secondary N) is 2. The van der Waals surface area contributed by atoms with Gasteiger partial charge in [0.25, 0.3) is 0 Å². The number of anilines is 1. The van der Waals surface area contributed by atoms with Crippen LogP contribution in [0.15, 0.2) is 24.3 Å². The van der Waals surface area contributed by atoms with Crippen molar-refractivity contribution in [1.29, 1.82) is 0 Å². The van der Waals surface area contributed by atoms with Gasteiger partial charge in [0, 0.05) is 25.2 Å². The Morgan fingerprint density at radius 3 is 2.50 bits per heavy atom. The number of unbranched alkanes of at least 4 members (excludes halogenated alkanes) is 2. The number of nitrogens with two attached hydrogens (primary N) is 1. The first-order valence-electron chi connectivity index (χ1n) is 7.65. The minimum Gasteiger partial charge on any atom is -0.450 e. The molecule has 4 N–H and O–H groups in total. The topological polar surface area (TPSA) is 93.4 Å². The first-order valence-corrected chi connectivity index (χ1v) is 7.65. The highest BCUT2D eigenvalue weighted by molar-refractivity contribution is 5.90. The van der Waals surface area contributed by atoms with E-state index in [0.717, 1.165) is 30.5 Å². The fourth-order valence-corrected chi connectivity index (χ4v) is 1.91. The molecule has 0 bridgehead atoms. The van der Waals surface area contributed by atoms with Gasteiger partial charge < -0.3 is 21.1 Å². The normalized spacial score (nSPS) is 10.1. The molecular weight excluding hydrogens is 282 g/mol. The summed E-state index contributed by atoms with van der Waals surface area (Å²) in [6.45, 7) is 3.20. The van der Waals surface area contributed by atoms with Gasteiger partial charge in [0.2, 0.25) is 5.91 Å². The van der Waals surface area contributed by atoms with Crippen molar-refractivity contribution in [2.75, 3.05) is 18.5 Å². The van der Waals surface area contributed by atoms with Crippen LogP contribution in [0.25, 0.3) is 0 Å². The Labute approximate surface area is 131 Å². The highest BCUT2D eigenvalue weighted by atomic mass is 16.5. The average Bonchev–Trinajstić information content (AvgIpc) is 2.51.